The minimum atomic E-state index is -0.134. The van der Waals surface area contributed by atoms with Gasteiger partial charge in [-0.25, -0.2) is 0 Å². The molecule has 0 radical (unpaired) electrons. The van der Waals surface area contributed by atoms with Gasteiger partial charge in [-0.3, -0.25) is 4.99 Å². The molecule has 0 aromatic heterocycles. The molecule has 1 unspecified atom stereocenters. The molecule has 0 aromatic carbocycles. The highest BCUT2D eigenvalue weighted by molar-refractivity contribution is 5.99. The Morgan fingerprint density at radius 2 is 2.06 bits per heavy atom. The predicted molar refractivity (Wildman–Crippen MR) is 78.8 cm³/mol. The van der Waals surface area contributed by atoms with E-state index in [2.05, 4.69) is 36.4 Å². The zero-order chi connectivity index (χ0) is 14.0. The number of rotatable bonds is 8. The molecule has 0 bridgehead atoms. The van der Waals surface area contributed by atoms with Crippen LogP contribution in [0.1, 0.15) is 27.2 Å². The third kappa shape index (κ3) is 5.79. The smallest absolute Gasteiger partial charge is 0.0892 e. The lowest BCUT2D eigenvalue weighted by atomic mass is 9.98. The summed E-state index contributed by atoms with van der Waals surface area (Å²) < 4.78 is 0. The lowest BCUT2D eigenvalue weighted by Gasteiger charge is -2.19. The van der Waals surface area contributed by atoms with Crippen LogP contribution in [0.25, 0.3) is 0 Å². The fraction of sp³-hybridized carbons (Fsp3) is 0.600. The van der Waals surface area contributed by atoms with Gasteiger partial charge < -0.3 is 4.90 Å². The topological polar surface area (TPSA) is 39.4 Å². The van der Waals surface area contributed by atoms with Crippen molar-refractivity contribution in [2.75, 3.05) is 26.7 Å². The Kier molecular flexibility index (Phi) is 8.86. The highest BCUT2D eigenvalue weighted by Crippen LogP contribution is 2.10. The van der Waals surface area contributed by atoms with Crippen molar-refractivity contribution in [3.05, 3.63) is 24.3 Å². The van der Waals surface area contributed by atoms with Crippen LogP contribution in [0.15, 0.2) is 29.3 Å². The molecule has 0 saturated carbocycles. The lowest BCUT2D eigenvalue weighted by Crippen LogP contribution is -2.27. The van der Waals surface area contributed by atoms with Crippen LogP contribution in [-0.2, 0) is 0 Å². The monoisotopic (exact) mass is 247 g/mol. The first-order valence-electron chi connectivity index (χ1n) is 6.52. The highest BCUT2D eigenvalue weighted by Gasteiger charge is 2.14. The van der Waals surface area contributed by atoms with Gasteiger partial charge >= 0.3 is 0 Å². The Morgan fingerprint density at radius 1 is 1.44 bits per heavy atom. The van der Waals surface area contributed by atoms with Crippen molar-refractivity contribution in [2.45, 2.75) is 27.2 Å². The van der Waals surface area contributed by atoms with E-state index in [-0.39, 0.29) is 5.92 Å². The summed E-state index contributed by atoms with van der Waals surface area (Å²) in [5.41, 5.74) is 1.89. The number of aliphatic imine (C=N–C) groups is 1. The molecule has 0 aromatic rings. The van der Waals surface area contributed by atoms with Crippen molar-refractivity contribution in [2.24, 2.45) is 10.9 Å². The minimum absolute atomic E-state index is 0.134. The van der Waals surface area contributed by atoms with Gasteiger partial charge in [0.05, 0.1) is 17.7 Å². The summed E-state index contributed by atoms with van der Waals surface area (Å²) in [5, 5.41) is 9.27. The number of hydrogen-bond acceptors (Lipinski definition) is 3. The summed E-state index contributed by atoms with van der Waals surface area (Å²) in [6.45, 7) is 13.0. The van der Waals surface area contributed by atoms with Crippen LogP contribution in [-0.4, -0.2) is 37.3 Å². The van der Waals surface area contributed by atoms with Gasteiger partial charge in [0.25, 0.3) is 0 Å². The zero-order valence-electron chi connectivity index (χ0n) is 12.1. The van der Waals surface area contributed by atoms with E-state index in [4.69, 9.17) is 0 Å². The first-order chi connectivity index (χ1) is 8.62. The van der Waals surface area contributed by atoms with Crippen molar-refractivity contribution < 1.29 is 0 Å². The number of nitrogens with zero attached hydrogens (tertiary/aromatic N) is 3. The first kappa shape index (κ1) is 16.6. The highest BCUT2D eigenvalue weighted by atomic mass is 15.1. The van der Waals surface area contributed by atoms with Crippen molar-refractivity contribution in [1.82, 2.24) is 4.90 Å². The van der Waals surface area contributed by atoms with Crippen LogP contribution in [0.2, 0.25) is 0 Å². The molecule has 0 aliphatic rings. The maximum Gasteiger partial charge on any atom is 0.0892 e. The van der Waals surface area contributed by atoms with Gasteiger partial charge in [0.1, 0.15) is 0 Å². The molecular formula is C15H25N3. The summed E-state index contributed by atoms with van der Waals surface area (Å²) in [6.07, 6.45) is 4.55. The van der Waals surface area contributed by atoms with Crippen molar-refractivity contribution in [1.29, 1.82) is 5.26 Å². The van der Waals surface area contributed by atoms with Gasteiger partial charge in [0.15, 0.2) is 0 Å². The normalized spacial score (nSPS) is 14.4. The van der Waals surface area contributed by atoms with Crippen LogP contribution in [0.3, 0.4) is 0 Å². The maximum atomic E-state index is 9.27. The first-order valence-corrected chi connectivity index (χ1v) is 6.52. The van der Waals surface area contributed by atoms with E-state index in [9.17, 15) is 5.26 Å². The molecule has 0 saturated heterocycles. The molecular weight excluding hydrogens is 222 g/mol. The fourth-order valence-electron chi connectivity index (χ4n) is 1.74. The Labute approximate surface area is 112 Å². The molecule has 3 nitrogen and oxygen atoms in total. The van der Waals surface area contributed by atoms with E-state index in [1.807, 2.05) is 13.0 Å². The van der Waals surface area contributed by atoms with E-state index >= 15 is 0 Å². The van der Waals surface area contributed by atoms with E-state index in [0.29, 0.717) is 0 Å². The summed E-state index contributed by atoms with van der Waals surface area (Å²) in [7, 11) is 1.74. The molecule has 100 valence electrons. The van der Waals surface area contributed by atoms with Gasteiger partial charge in [0.2, 0.25) is 0 Å². The number of allylic oxidation sites excluding steroid dienone is 3. The van der Waals surface area contributed by atoms with Gasteiger partial charge in [-0.05, 0) is 44.6 Å². The Balaban J connectivity index is 4.67. The summed E-state index contributed by atoms with van der Waals surface area (Å²) in [4.78, 5) is 6.55. The summed E-state index contributed by atoms with van der Waals surface area (Å²) >= 11 is 0. The molecule has 0 amide bonds. The molecule has 3 heteroatoms. The van der Waals surface area contributed by atoms with Crippen LogP contribution in [0.5, 0.6) is 0 Å². The molecule has 18 heavy (non-hydrogen) atoms. The van der Waals surface area contributed by atoms with Crippen LogP contribution >= 0.6 is 0 Å². The molecule has 0 rings (SSSR count). The average Bonchev–Trinajstić information content (AvgIpc) is 2.41. The van der Waals surface area contributed by atoms with E-state index in [1.165, 1.54) is 0 Å². The lowest BCUT2D eigenvalue weighted by molar-refractivity contribution is 0.295. The molecule has 0 aliphatic carbocycles. The molecule has 1 atom stereocenters. The third-order valence-corrected chi connectivity index (χ3v) is 3.10. The molecule has 0 heterocycles. The number of hydrogen-bond donors (Lipinski definition) is 0. The third-order valence-electron chi connectivity index (χ3n) is 3.10. The molecule has 0 spiro atoms. The van der Waals surface area contributed by atoms with Gasteiger partial charge in [0, 0.05) is 7.05 Å². The van der Waals surface area contributed by atoms with Crippen molar-refractivity contribution in [3.63, 3.8) is 0 Å². The second kappa shape index (κ2) is 9.61. The maximum absolute atomic E-state index is 9.27. The van der Waals surface area contributed by atoms with Crippen molar-refractivity contribution >= 4 is 5.71 Å². The Bertz CT molecular complexity index is 343. The van der Waals surface area contributed by atoms with E-state index < -0.39 is 0 Å². The second-order valence-electron chi connectivity index (χ2n) is 4.24. The molecule has 0 fully saturated rings. The van der Waals surface area contributed by atoms with Crippen molar-refractivity contribution in [3.8, 4) is 6.07 Å². The van der Waals surface area contributed by atoms with Crippen LogP contribution in [0, 0.1) is 17.2 Å². The Morgan fingerprint density at radius 3 is 2.44 bits per heavy atom. The second-order valence-corrected chi connectivity index (χ2v) is 4.24. The van der Waals surface area contributed by atoms with Gasteiger partial charge in [-0.15, -0.1) is 0 Å². The molecule has 0 N–H and O–H groups in total. The fourth-order valence-corrected chi connectivity index (χ4v) is 1.74. The van der Waals surface area contributed by atoms with Crippen LogP contribution in [0.4, 0.5) is 0 Å². The standard InChI is InChI=1S/C15H25N3/c1-6-13(4)11-15(17-5)14(12-16)9-10-18(7-2)8-3/h6,11,14H,1,7-10H2,2-5H3/b13-11-,17-15?. The van der Waals surface area contributed by atoms with Gasteiger partial charge in [-0.2, -0.15) is 5.26 Å². The summed E-state index contributed by atoms with van der Waals surface area (Å²) in [6, 6.07) is 2.35. The van der Waals surface area contributed by atoms with E-state index in [0.717, 1.165) is 37.3 Å². The van der Waals surface area contributed by atoms with Gasteiger partial charge in [-0.1, -0.05) is 26.5 Å². The quantitative estimate of drug-likeness (QED) is 0.488. The molecule has 0 aliphatic heterocycles. The summed E-state index contributed by atoms with van der Waals surface area (Å²) in [5.74, 6) is -0.134. The Hall–Kier alpha value is -1.40. The van der Waals surface area contributed by atoms with Crippen LogP contribution < -0.4 is 0 Å². The number of nitriles is 1. The largest absolute Gasteiger partial charge is 0.304 e. The SMILES string of the molecule is C=C/C(C)=C\C(=NC)C(C#N)CCN(CC)CC. The van der Waals surface area contributed by atoms with E-state index in [1.54, 1.807) is 13.1 Å². The zero-order valence-corrected chi connectivity index (χ0v) is 12.1. The predicted octanol–water partition coefficient (Wildman–Crippen LogP) is 3.06. The average molecular weight is 247 g/mol. The minimum Gasteiger partial charge on any atom is -0.304 e.